The summed E-state index contributed by atoms with van der Waals surface area (Å²) < 4.78 is 0. The topological polar surface area (TPSA) is 36.4 Å². The molecule has 5 heteroatoms. The van der Waals surface area contributed by atoms with Crippen molar-refractivity contribution in [2.45, 2.75) is 44.9 Å². The second-order valence-corrected chi connectivity index (χ2v) is 8.38. The van der Waals surface area contributed by atoms with Gasteiger partial charge in [-0.1, -0.05) is 18.2 Å². The van der Waals surface area contributed by atoms with Gasteiger partial charge in [0.05, 0.1) is 5.01 Å². The van der Waals surface area contributed by atoms with Gasteiger partial charge in [0.2, 0.25) is 5.91 Å². The van der Waals surface area contributed by atoms with E-state index in [-0.39, 0.29) is 5.91 Å². The Labute approximate surface area is 159 Å². The molecule has 1 atom stereocenters. The monoisotopic (exact) mass is 369 g/mol. The van der Waals surface area contributed by atoms with Gasteiger partial charge in [-0.15, -0.1) is 11.3 Å². The first-order valence-electron chi connectivity index (χ1n) is 9.73. The maximum atomic E-state index is 12.3. The van der Waals surface area contributed by atoms with Crippen molar-refractivity contribution in [3.8, 4) is 0 Å². The molecule has 2 saturated heterocycles. The molecule has 4 nitrogen and oxygen atoms in total. The van der Waals surface area contributed by atoms with Gasteiger partial charge < -0.3 is 9.80 Å². The fraction of sp³-hybridized carbons (Fsp3) is 0.524. The summed E-state index contributed by atoms with van der Waals surface area (Å²) in [5.41, 5.74) is 3.57. The first-order chi connectivity index (χ1) is 12.7. The van der Waals surface area contributed by atoms with E-state index in [2.05, 4.69) is 46.5 Å². The van der Waals surface area contributed by atoms with Crippen molar-refractivity contribution >= 4 is 22.9 Å². The fourth-order valence-corrected chi connectivity index (χ4v) is 5.05. The number of amides is 1. The van der Waals surface area contributed by atoms with Crippen molar-refractivity contribution < 1.29 is 4.79 Å². The number of aryl methyl sites for hydroxylation is 1. The SMILES string of the molecule is Cc1csc(C2CCN(CCc3ccccc3N3CCCCC3=O)C2)n1. The molecule has 1 aromatic heterocycles. The zero-order valence-electron chi connectivity index (χ0n) is 15.5. The van der Waals surface area contributed by atoms with Gasteiger partial charge in [-0.2, -0.15) is 0 Å². The Balaban J connectivity index is 1.39. The number of rotatable bonds is 5. The van der Waals surface area contributed by atoms with E-state index in [0.717, 1.165) is 56.8 Å². The highest BCUT2D eigenvalue weighted by Gasteiger charge is 2.26. The van der Waals surface area contributed by atoms with Crippen LogP contribution < -0.4 is 4.90 Å². The first kappa shape index (κ1) is 17.7. The molecular weight excluding hydrogens is 342 g/mol. The second-order valence-electron chi connectivity index (χ2n) is 7.49. The number of hydrogen-bond acceptors (Lipinski definition) is 4. The third-order valence-corrected chi connectivity index (χ3v) is 6.69. The Morgan fingerprint density at radius 3 is 2.92 bits per heavy atom. The van der Waals surface area contributed by atoms with E-state index in [4.69, 9.17) is 0 Å². The van der Waals surface area contributed by atoms with Crippen LogP contribution in [0.1, 0.15) is 47.9 Å². The van der Waals surface area contributed by atoms with E-state index in [1.165, 1.54) is 17.0 Å². The van der Waals surface area contributed by atoms with Gasteiger partial charge >= 0.3 is 0 Å². The van der Waals surface area contributed by atoms with Crippen LogP contribution in [0, 0.1) is 6.92 Å². The first-order valence-corrected chi connectivity index (χ1v) is 10.6. The third kappa shape index (κ3) is 3.84. The molecular formula is C21H27N3OS. The van der Waals surface area contributed by atoms with Gasteiger partial charge in [0.15, 0.2) is 0 Å². The van der Waals surface area contributed by atoms with E-state index in [0.29, 0.717) is 12.3 Å². The summed E-state index contributed by atoms with van der Waals surface area (Å²) in [4.78, 5) is 21.6. The zero-order valence-corrected chi connectivity index (χ0v) is 16.3. The van der Waals surface area contributed by atoms with Gasteiger partial charge in [0.1, 0.15) is 0 Å². The number of piperidine rings is 1. The summed E-state index contributed by atoms with van der Waals surface area (Å²) in [5.74, 6) is 0.872. The van der Waals surface area contributed by atoms with Crippen molar-refractivity contribution in [1.29, 1.82) is 0 Å². The number of carbonyl (C=O) groups is 1. The Morgan fingerprint density at radius 1 is 1.23 bits per heavy atom. The average molecular weight is 370 g/mol. The number of benzene rings is 1. The summed E-state index contributed by atoms with van der Waals surface area (Å²) in [6.07, 6.45) is 5.04. The lowest BCUT2D eigenvalue weighted by atomic mass is 10.0. The van der Waals surface area contributed by atoms with Gasteiger partial charge in [-0.3, -0.25) is 4.79 Å². The number of thiazole rings is 1. The molecule has 26 heavy (non-hydrogen) atoms. The molecule has 138 valence electrons. The van der Waals surface area contributed by atoms with Crippen LogP contribution in [0.2, 0.25) is 0 Å². The van der Waals surface area contributed by atoms with Crippen molar-refractivity contribution in [3.05, 3.63) is 45.9 Å². The van der Waals surface area contributed by atoms with Gasteiger partial charge in [0, 0.05) is 48.7 Å². The normalized spacial score (nSPS) is 21.5. The van der Waals surface area contributed by atoms with E-state index in [1.807, 2.05) is 4.90 Å². The molecule has 0 N–H and O–H groups in total. The largest absolute Gasteiger partial charge is 0.312 e. The maximum absolute atomic E-state index is 12.3. The molecule has 3 heterocycles. The summed E-state index contributed by atoms with van der Waals surface area (Å²) >= 11 is 1.80. The minimum absolute atomic E-state index is 0.282. The van der Waals surface area contributed by atoms with Gasteiger partial charge in [-0.05, 0) is 50.8 Å². The number of carbonyl (C=O) groups excluding carboxylic acids is 1. The zero-order chi connectivity index (χ0) is 17.9. The highest BCUT2D eigenvalue weighted by atomic mass is 32.1. The number of hydrogen-bond donors (Lipinski definition) is 0. The number of para-hydroxylation sites is 1. The highest BCUT2D eigenvalue weighted by molar-refractivity contribution is 7.09. The van der Waals surface area contributed by atoms with Crippen LogP contribution in [0.15, 0.2) is 29.6 Å². The molecule has 0 spiro atoms. The lowest BCUT2D eigenvalue weighted by molar-refractivity contribution is -0.119. The van der Waals surface area contributed by atoms with Crippen LogP contribution in [0.5, 0.6) is 0 Å². The molecule has 2 aromatic rings. The molecule has 1 unspecified atom stereocenters. The molecule has 2 aliphatic heterocycles. The van der Waals surface area contributed by atoms with Crippen molar-refractivity contribution in [3.63, 3.8) is 0 Å². The Kier molecular flexibility index (Phi) is 5.36. The van der Waals surface area contributed by atoms with Crippen LogP contribution in [0.3, 0.4) is 0 Å². The Hall–Kier alpha value is -1.72. The quantitative estimate of drug-likeness (QED) is 0.799. The summed E-state index contributed by atoms with van der Waals surface area (Å²) in [6, 6.07) is 8.45. The van der Waals surface area contributed by atoms with Crippen molar-refractivity contribution in [2.24, 2.45) is 0 Å². The van der Waals surface area contributed by atoms with Gasteiger partial charge in [0.25, 0.3) is 0 Å². The molecule has 4 rings (SSSR count). The maximum Gasteiger partial charge on any atom is 0.226 e. The smallest absolute Gasteiger partial charge is 0.226 e. The third-order valence-electron chi connectivity index (χ3n) is 5.56. The molecule has 0 saturated carbocycles. The van der Waals surface area contributed by atoms with Crippen LogP contribution in [0.4, 0.5) is 5.69 Å². The van der Waals surface area contributed by atoms with Crippen LogP contribution >= 0.6 is 11.3 Å². The number of anilines is 1. The van der Waals surface area contributed by atoms with Crippen LogP contribution in [-0.2, 0) is 11.2 Å². The minimum atomic E-state index is 0.282. The van der Waals surface area contributed by atoms with Crippen molar-refractivity contribution in [2.75, 3.05) is 31.1 Å². The fourth-order valence-electron chi connectivity index (χ4n) is 4.12. The summed E-state index contributed by atoms with van der Waals surface area (Å²) in [7, 11) is 0. The number of likely N-dealkylation sites (tertiary alicyclic amines) is 1. The molecule has 2 fully saturated rings. The van der Waals surface area contributed by atoms with E-state index >= 15 is 0 Å². The Morgan fingerprint density at radius 2 is 2.12 bits per heavy atom. The molecule has 0 bridgehead atoms. The molecule has 0 aliphatic carbocycles. The van der Waals surface area contributed by atoms with Crippen molar-refractivity contribution in [1.82, 2.24) is 9.88 Å². The van der Waals surface area contributed by atoms with E-state index < -0.39 is 0 Å². The average Bonchev–Trinajstić information content (AvgIpc) is 3.30. The molecule has 0 radical (unpaired) electrons. The highest BCUT2D eigenvalue weighted by Crippen LogP contribution is 2.30. The van der Waals surface area contributed by atoms with E-state index in [1.54, 1.807) is 11.3 Å². The minimum Gasteiger partial charge on any atom is -0.312 e. The predicted octanol–water partition coefficient (Wildman–Crippen LogP) is 4.00. The summed E-state index contributed by atoms with van der Waals surface area (Å²) in [5, 5.41) is 3.45. The number of nitrogens with zero attached hydrogens (tertiary/aromatic N) is 3. The lowest BCUT2D eigenvalue weighted by Gasteiger charge is -2.29. The lowest BCUT2D eigenvalue weighted by Crippen LogP contribution is -2.36. The molecule has 2 aliphatic rings. The predicted molar refractivity (Wildman–Crippen MR) is 107 cm³/mol. The van der Waals surface area contributed by atoms with Crippen LogP contribution in [-0.4, -0.2) is 42.0 Å². The molecule has 1 aromatic carbocycles. The Bertz CT molecular complexity index is 772. The standard InChI is InChI=1S/C21H27N3OS/c1-16-15-26-21(22-16)18-10-13-23(14-18)12-9-17-6-2-3-7-19(17)24-11-5-4-8-20(24)25/h2-3,6-7,15,18H,4-5,8-14H2,1H3. The molecule has 1 amide bonds. The number of aromatic nitrogens is 1. The van der Waals surface area contributed by atoms with Crippen LogP contribution in [0.25, 0.3) is 0 Å². The summed E-state index contributed by atoms with van der Waals surface area (Å²) in [6.45, 7) is 6.25. The second kappa shape index (κ2) is 7.89. The van der Waals surface area contributed by atoms with E-state index in [9.17, 15) is 4.79 Å². The van der Waals surface area contributed by atoms with Gasteiger partial charge in [-0.25, -0.2) is 4.98 Å².